The number of methoxy groups -OCH3 is 2. The molecular formula is C15H32O3. The number of ether oxygens (including phenoxy) is 3. The minimum atomic E-state index is -0.0767. The van der Waals surface area contributed by atoms with Gasteiger partial charge in [0, 0.05) is 33.9 Å². The minimum absolute atomic E-state index is 0.0767. The molecule has 0 unspecified atom stereocenters. The van der Waals surface area contributed by atoms with Crippen LogP contribution in [0.4, 0.5) is 0 Å². The average molecular weight is 260 g/mol. The van der Waals surface area contributed by atoms with Crippen molar-refractivity contribution in [1.29, 1.82) is 0 Å². The summed E-state index contributed by atoms with van der Waals surface area (Å²) in [7, 11) is 3.35. The van der Waals surface area contributed by atoms with Crippen LogP contribution < -0.4 is 0 Å². The Balaban J connectivity index is 3.03. The van der Waals surface area contributed by atoms with E-state index < -0.39 is 0 Å². The first kappa shape index (κ1) is 17.9. The van der Waals surface area contributed by atoms with Crippen molar-refractivity contribution < 1.29 is 14.2 Å². The third-order valence-electron chi connectivity index (χ3n) is 3.15. The molecular weight excluding hydrogens is 228 g/mol. The lowest BCUT2D eigenvalue weighted by atomic mass is 10.1. The molecule has 110 valence electrons. The van der Waals surface area contributed by atoms with Gasteiger partial charge < -0.3 is 14.2 Å². The highest BCUT2D eigenvalue weighted by atomic mass is 16.7. The normalized spacial score (nSPS) is 11.3. The molecule has 18 heavy (non-hydrogen) atoms. The smallest absolute Gasteiger partial charge is 0.156 e. The van der Waals surface area contributed by atoms with Crippen molar-refractivity contribution in [2.24, 2.45) is 0 Å². The summed E-state index contributed by atoms with van der Waals surface area (Å²) < 4.78 is 15.8. The average Bonchev–Trinajstić information content (AvgIpc) is 2.40. The van der Waals surface area contributed by atoms with E-state index in [1.807, 2.05) is 0 Å². The van der Waals surface area contributed by atoms with Gasteiger partial charge in [0.1, 0.15) is 0 Å². The van der Waals surface area contributed by atoms with Gasteiger partial charge in [0.2, 0.25) is 0 Å². The summed E-state index contributed by atoms with van der Waals surface area (Å²) in [5.41, 5.74) is 0. The summed E-state index contributed by atoms with van der Waals surface area (Å²) in [4.78, 5) is 0. The molecule has 3 nitrogen and oxygen atoms in total. The van der Waals surface area contributed by atoms with E-state index in [-0.39, 0.29) is 6.29 Å². The van der Waals surface area contributed by atoms with Crippen LogP contribution in [0.1, 0.15) is 64.7 Å². The zero-order valence-corrected chi connectivity index (χ0v) is 12.6. The van der Waals surface area contributed by atoms with E-state index in [9.17, 15) is 0 Å². The summed E-state index contributed by atoms with van der Waals surface area (Å²) in [5.74, 6) is 0. The van der Waals surface area contributed by atoms with Crippen LogP contribution in [0.3, 0.4) is 0 Å². The fourth-order valence-corrected chi connectivity index (χ4v) is 1.95. The lowest BCUT2D eigenvalue weighted by molar-refractivity contribution is -0.109. The Kier molecular flexibility index (Phi) is 14.8. The van der Waals surface area contributed by atoms with Gasteiger partial charge in [-0.05, 0) is 12.8 Å². The second kappa shape index (κ2) is 14.9. The Labute approximate surface area is 113 Å². The highest BCUT2D eigenvalue weighted by Gasteiger charge is 2.03. The van der Waals surface area contributed by atoms with Crippen molar-refractivity contribution in [2.45, 2.75) is 71.0 Å². The summed E-state index contributed by atoms with van der Waals surface area (Å²) in [6.45, 7) is 3.98. The zero-order valence-electron chi connectivity index (χ0n) is 12.6. The van der Waals surface area contributed by atoms with Crippen LogP contribution in [0.15, 0.2) is 0 Å². The quantitative estimate of drug-likeness (QED) is 0.347. The molecule has 0 bridgehead atoms. The second-order valence-electron chi connectivity index (χ2n) is 4.78. The second-order valence-corrected chi connectivity index (χ2v) is 4.78. The molecule has 0 aliphatic heterocycles. The predicted octanol–water partition coefficient (Wildman–Crippen LogP) is 4.15. The lowest BCUT2D eigenvalue weighted by Gasteiger charge is -2.12. The molecule has 0 aliphatic carbocycles. The van der Waals surface area contributed by atoms with E-state index in [1.165, 1.54) is 44.9 Å². The van der Waals surface area contributed by atoms with Gasteiger partial charge in [-0.25, -0.2) is 0 Å². The summed E-state index contributed by atoms with van der Waals surface area (Å²) in [5, 5.41) is 0. The van der Waals surface area contributed by atoms with Crippen LogP contribution in [0.2, 0.25) is 0 Å². The predicted molar refractivity (Wildman–Crippen MR) is 75.9 cm³/mol. The van der Waals surface area contributed by atoms with Crippen molar-refractivity contribution in [3.63, 3.8) is 0 Å². The van der Waals surface area contributed by atoms with Crippen molar-refractivity contribution in [3.8, 4) is 0 Å². The maximum absolute atomic E-state index is 5.59. The maximum atomic E-state index is 5.59. The Morgan fingerprint density at radius 1 is 0.722 bits per heavy atom. The topological polar surface area (TPSA) is 27.7 Å². The first-order chi connectivity index (χ1) is 8.85. The van der Waals surface area contributed by atoms with E-state index in [0.29, 0.717) is 0 Å². The monoisotopic (exact) mass is 260 g/mol. The largest absolute Gasteiger partial charge is 0.381 e. The van der Waals surface area contributed by atoms with Crippen LogP contribution >= 0.6 is 0 Å². The molecule has 0 spiro atoms. The van der Waals surface area contributed by atoms with Crippen LogP contribution in [0.5, 0.6) is 0 Å². The third-order valence-corrected chi connectivity index (χ3v) is 3.15. The van der Waals surface area contributed by atoms with E-state index in [4.69, 9.17) is 14.2 Å². The Morgan fingerprint density at radius 3 is 1.89 bits per heavy atom. The van der Waals surface area contributed by atoms with Gasteiger partial charge in [-0.15, -0.1) is 0 Å². The highest BCUT2D eigenvalue weighted by molar-refractivity contribution is 4.46. The Bertz CT molecular complexity index is 147. The van der Waals surface area contributed by atoms with Crippen molar-refractivity contribution in [2.75, 3.05) is 27.4 Å². The fraction of sp³-hybridized carbons (Fsp3) is 1.00. The van der Waals surface area contributed by atoms with Crippen LogP contribution in [-0.4, -0.2) is 33.7 Å². The van der Waals surface area contributed by atoms with Crippen molar-refractivity contribution in [3.05, 3.63) is 0 Å². The molecule has 0 heterocycles. The van der Waals surface area contributed by atoms with Crippen LogP contribution in [-0.2, 0) is 14.2 Å². The maximum Gasteiger partial charge on any atom is 0.156 e. The zero-order chi connectivity index (χ0) is 13.5. The summed E-state index contributed by atoms with van der Waals surface area (Å²) in [6, 6.07) is 0. The molecule has 0 saturated carbocycles. The molecule has 0 fully saturated rings. The number of unbranched alkanes of at least 4 members (excludes halogenated alkanes) is 6. The van der Waals surface area contributed by atoms with Crippen LogP contribution in [0, 0.1) is 0 Å². The van der Waals surface area contributed by atoms with Crippen LogP contribution in [0.25, 0.3) is 0 Å². The fourth-order valence-electron chi connectivity index (χ4n) is 1.95. The molecule has 0 atom stereocenters. The minimum Gasteiger partial charge on any atom is -0.381 e. The van der Waals surface area contributed by atoms with E-state index >= 15 is 0 Å². The van der Waals surface area contributed by atoms with Gasteiger partial charge in [-0.2, -0.15) is 0 Å². The van der Waals surface area contributed by atoms with E-state index in [2.05, 4.69) is 6.92 Å². The van der Waals surface area contributed by atoms with Gasteiger partial charge in [0.15, 0.2) is 6.29 Å². The third kappa shape index (κ3) is 12.3. The SMILES string of the molecule is CCCCCCCCCOCCCC(OC)OC. The highest BCUT2D eigenvalue weighted by Crippen LogP contribution is 2.07. The number of hydrogen-bond donors (Lipinski definition) is 0. The molecule has 0 aliphatic rings. The first-order valence-electron chi connectivity index (χ1n) is 7.48. The van der Waals surface area contributed by atoms with E-state index in [1.54, 1.807) is 14.2 Å². The summed E-state index contributed by atoms with van der Waals surface area (Å²) in [6.07, 6.45) is 11.2. The molecule has 0 N–H and O–H groups in total. The molecule has 0 rings (SSSR count). The molecule has 0 aromatic carbocycles. The van der Waals surface area contributed by atoms with Crippen molar-refractivity contribution >= 4 is 0 Å². The molecule has 0 aromatic rings. The van der Waals surface area contributed by atoms with Gasteiger partial charge in [0.05, 0.1) is 0 Å². The summed E-state index contributed by atoms with van der Waals surface area (Å²) >= 11 is 0. The Hall–Kier alpha value is -0.120. The molecule has 0 aromatic heterocycles. The van der Waals surface area contributed by atoms with E-state index in [0.717, 1.165) is 26.1 Å². The molecule has 3 heteroatoms. The number of rotatable bonds is 14. The standard InChI is InChI=1S/C15H32O3/c1-4-5-6-7-8-9-10-13-18-14-11-12-15(16-2)17-3/h15H,4-14H2,1-3H3. The number of hydrogen-bond acceptors (Lipinski definition) is 3. The molecule has 0 saturated heterocycles. The lowest BCUT2D eigenvalue weighted by Crippen LogP contribution is -2.13. The van der Waals surface area contributed by atoms with Crippen molar-refractivity contribution in [1.82, 2.24) is 0 Å². The van der Waals surface area contributed by atoms with Gasteiger partial charge in [0.25, 0.3) is 0 Å². The molecule has 0 amide bonds. The Morgan fingerprint density at radius 2 is 1.28 bits per heavy atom. The molecule has 0 radical (unpaired) electrons. The van der Waals surface area contributed by atoms with Gasteiger partial charge >= 0.3 is 0 Å². The van der Waals surface area contributed by atoms with Gasteiger partial charge in [-0.1, -0.05) is 45.4 Å². The first-order valence-corrected chi connectivity index (χ1v) is 7.48. The van der Waals surface area contributed by atoms with Gasteiger partial charge in [-0.3, -0.25) is 0 Å².